The van der Waals surface area contributed by atoms with Crippen LogP contribution in [0.25, 0.3) is 0 Å². The SMILES string of the molecule is CC1=CCC2C(CCC3(C)C2CCC3C2(C)OCCO2)C1(C)CCC(C)O. The molecular weight excluding hydrogens is 336 g/mol. The van der Waals surface area contributed by atoms with Crippen LogP contribution in [-0.4, -0.2) is 30.2 Å². The third kappa shape index (κ3) is 3.04. The van der Waals surface area contributed by atoms with Crippen LogP contribution in [0.5, 0.6) is 0 Å². The van der Waals surface area contributed by atoms with E-state index in [1.807, 2.05) is 6.92 Å². The highest BCUT2D eigenvalue weighted by Crippen LogP contribution is 2.67. The molecule has 154 valence electrons. The Bertz CT molecular complexity index is 590. The Balaban J connectivity index is 1.60. The number of ether oxygens (including phenoxy) is 2. The Labute approximate surface area is 165 Å². The zero-order valence-electron chi connectivity index (χ0n) is 18.1. The van der Waals surface area contributed by atoms with Gasteiger partial charge in [0.1, 0.15) is 0 Å². The highest BCUT2D eigenvalue weighted by atomic mass is 16.7. The van der Waals surface area contributed by atoms with Gasteiger partial charge in [0.05, 0.1) is 19.3 Å². The molecule has 1 saturated heterocycles. The van der Waals surface area contributed by atoms with E-state index in [4.69, 9.17) is 9.47 Å². The van der Waals surface area contributed by atoms with Gasteiger partial charge in [0.25, 0.3) is 0 Å². The summed E-state index contributed by atoms with van der Waals surface area (Å²) in [5.74, 6) is 2.47. The van der Waals surface area contributed by atoms with Crippen LogP contribution in [0.4, 0.5) is 0 Å². The Kier molecular flexibility index (Phi) is 5.05. The fraction of sp³-hybridized carbons (Fsp3) is 0.917. The Hall–Kier alpha value is -0.380. The Morgan fingerprint density at radius 2 is 1.81 bits per heavy atom. The monoisotopic (exact) mass is 376 g/mol. The zero-order valence-corrected chi connectivity index (χ0v) is 18.1. The molecule has 0 amide bonds. The number of fused-ring (bicyclic) bond motifs is 3. The first-order valence-corrected chi connectivity index (χ1v) is 11.3. The van der Waals surface area contributed by atoms with E-state index in [1.165, 1.54) is 32.1 Å². The molecule has 1 heterocycles. The van der Waals surface area contributed by atoms with Crippen LogP contribution < -0.4 is 0 Å². The average Bonchev–Trinajstić information content (AvgIpc) is 3.20. The highest BCUT2D eigenvalue weighted by molar-refractivity contribution is 5.21. The molecule has 3 aliphatic carbocycles. The molecule has 0 aromatic heterocycles. The van der Waals surface area contributed by atoms with Crippen molar-refractivity contribution < 1.29 is 14.6 Å². The molecule has 0 spiro atoms. The van der Waals surface area contributed by atoms with Crippen molar-refractivity contribution >= 4 is 0 Å². The van der Waals surface area contributed by atoms with Gasteiger partial charge in [0.2, 0.25) is 0 Å². The lowest BCUT2D eigenvalue weighted by Gasteiger charge is -2.57. The average molecular weight is 377 g/mol. The Morgan fingerprint density at radius 1 is 1.11 bits per heavy atom. The van der Waals surface area contributed by atoms with E-state index in [0.717, 1.165) is 43.8 Å². The van der Waals surface area contributed by atoms with Crippen molar-refractivity contribution in [2.24, 2.45) is 34.5 Å². The molecule has 0 aromatic rings. The molecule has 3 nitrogen and oxygen atoms in total. The predicted octanol–water partition coefficient (Wildman–Crippen LogP) is 5.33. The maximum Gasteiger partial charge on any atom is 0.169 e. The summed E-state index contributed by atoms with van der Waals surface area (Å²) in [4.78, 5) is 0. The minimum Gasteiger partial charge on any atom is -0.393 e. The molecule has 4 aliphatic rings. The van der Waals surface area contributed by atoms with Crippen molar-refractivity contribution in [2.45, 2.75) is 91.5 Å². The normalized spacial score (nSPS) is 47.3. The van der Waals surface area contributed by atoms with Crippen LogP contribution in [0, 0.1) is 34.5 Å². The van der Waals surface area contributed by atoms with Gasteiger partial charge < -0.3 is 14.6 Å². The number of rotatable bonds is 4. The van der Waals surface area contributed by atoms with Gasteiger partial charge >= 0.3 is 0 Å². The van der Waals surface area contributed by atoms with Crippen LogP contribution in [0.1, 0.15) is 79.6 Å². The number of allylic oxidation sites excluding steroid dienone is 2. The number of aliphatic hydroxyl groups excluding tert-OH is 1. The molecule has 1 N–H and O–H groups in total. The maximum atomic E-state index is 9.91. The molecule has 3 heteroatoms. The van der Waals surface area contributed by atoms with E-state index in [0.29, 0.717) is 11.3 Å². The molecule has 7 atom stereocenters. The number of aliphatic hydroxyl groups is 1. The first-order chi connectivity index (χ1) is 12.7. The molecule has 0 bridgehead atoms. The third-order valence-corrected chi connectivity index (χ3v) is 9.43. The van der Waals surface area contributed by atoms with Crippen LogP contribution in [0.2, 0.25) is 0 Å². The predicted molar refractivity (Wildman–Crippen MR) is 108 cm³/mol. The summed E-state index contributed by atoms with van der Waals surface area (Å²) in [6.07, 6.45) is 10.8. The first-order valence-electron chi connectivity index (χ1n) is 11.3. The molecule has 2 saturated carbocycles. The van der Waals surface area contributed by atoms with E-state index in [9.17, 15) is 5.11 Å². The third-order valence-electron chi connectivity index (χ3n) is 9.43. The summed E-state index contributed by atoms with van der Waals surface area (Å²) < 4.78 is 12.3. The van der Waals surface area contributed by atoms with Crippen molar-refractivity contribution in [1.82, 2.24) is 0 Å². The maximum absolute atomic E-state index is 9.91. The number of hydrogen-bond donors (Lipinski definition) is 1. The molecule has 0 radical (unpaired) electrons. The van der Waals surface area contributed by atoms with Crippen LogP contribution in [0.3, 0.4) is 0 Å². The highest BCUT2D eigenvalue weighted by Gasteiger charge is 2.62. The minimum absolute atomic E-state index is 0.198. The van der Waals surface area contributed by atoms with Gasteiger partial charge in [-0.3, -0.25) is 0 Å². The lowest BCUT2D eigenvalue weighted by atomic mass is 9.48. The van der Waals surface area contributed by atoms with Crippen molar-refractivity contribution in [3.8, 4) is 0 Å². The molecule has 7 unspecified atom stereocenters. The fourth-order valence-corrected chi connectivity index (χ4v) is 7.73. The quantitative estimate of drug-likeness (QED) is 0.674. The molecule has 0 aromatic carbocycles. The second kappa shape index (κ2) is 6.85. The first kappa shape index (κ1) is 19.9. The van der Waals surface area contributed by atoms with Gasteiger partial charge in [0.15, 0.2) is 5.79 Å². The second-order valence-electron chi connectivity index (χ2n) is 10.7. The molecular formula is C24H40O3. The summed E-state index contributed by atoms with van der Waals surface area (Å²) in [6, 6.07) is 0. The van der Waals surface area contributed by atoms with Crippen molar-refractivity contribution in [3.05, 3.63) is 11.6 Å². The van der Waals surface area contributed by atoms with Crippen LogP contribution in [0.15, 0.2) is 11.6 Å². The molecule has 3 fully saturated rings. The van der Waals surface area contributed by atoms with Gasteiger partial charge in [-0.25, -0.2) is 0 Å². The van der Waals surface area contributed by atoms with E-state index < -0.39 is 0 Å². The molecule has 27 heavy (non-hydrogen) atoms. The summed E-state index contributed by atoms with van der Waals surface area (Å²) in [6.45, 7) is 13.0. The lowest BCUT2D eigenvalue weighted by Crippen LogP contribution is -2.52. The van der Waals surface area contributed by atoms with E-state index in [1.54, 1.807) is 5.57 Å². The lowest BCUT2D eigenvalue weighted by molar-refractivity contribution is -0.214. The van der Waals surface area contributed by atoms with Gasteiger partial charge in [0, 0.05) is 5.92 Å². The Morgan fingerprint density at radius 3 is 2.48 bits per heavy atom. The number of hydrogen-bond acceptors (Lipinski definition) is 3. The van der Waals surface area contributed by atoms with Gasteiger partial charge in [-0.2, -0.15) is 0 Å². The zero-order chi connectivity index (χ0) is 19.4. The van der Waals surface area contributed by atoms with Crippen molar-refractivity contribution in [1.29, 1.82) is 0 Å². The summed E-state index contributed by atoms with van der Waals surface area (Å²) in [7, 11) is 0. The smallest absolute Gasteiger partial charge is 0.169 e. The van der Waals surface area contributed by atoms with Gasteiger partial charge in [-0.05, 0) is 94.3 Å². The van der Waals surface area contributed by atoms with E-state index in [-0.39, 0.29) is 17.3 Å². The largest absolute Gasteiger partial charge is 0.393 e. The molecule has 4 rings (SSSR count). The fourth-order valence-electron chi connectivity index (χ4n) is 7.73. The molecule has 1 aliphatic heterocycles. The van der Waals surface area contributed by atoms with Gasteiger partial charge in [-0.15, -0.1) is 0 Å². The van der Waals surface area contributed by atoms with Crippen molar-refractivity contribution in [3.63, 3.8) is 0 Å². The van der Waals surface area contributed by atoms with E-state index in [2.05, 4.69) is 33.8 Å². The minimum atomic E-state index is -0.369. The second-order valence-corrected chi connectivity index (χ2v) is 10.7. The van der Waals surface area contributed by atoms with Gasteiger partial charge in [-0.1, -0.05) is 25.5 Å². The van der Waals surface area contributed by atoms with E-state index >= 15 is 0 Å². The summed E-state index contributed by atoms with van der Waals surface area (Å²) >= 11 is 0. The van der Waals surface area contributed by atoms with Crippen molar-refractivity contribution in [2.75, 3.05) is 13.2 Å². The standard InChI is InChI=1S/C24H40O3/c1-16-6-7-18-19-8-9-21(24(5)26-14-15-27-24)23(19,4)13-11-20(18)22(16,3)12-10-17(2)25/h6,17-21,25H,7-15H2,1-5H3. The van der Waals surface area contributed by atoms with Crippen LogP contribution in [-0.2, 0) is 9.47 Å². The topological polar surface area (TPSA) is 38.7 Å². The summed E-state index contributed by atoms with van der Waals surface area (Å²) in [5.41, 5.74) is 2.16. The van der Waals surface area contributed by atoms with Crippen LogP contribution >= 0.6 is 0 Å². The summed E-state index contributed by atoms with van der Waals surface area (Å²) in [5, 5.41) is 9.91.